The first-order valence-corrected chi connectivity index (χ1v) is 3.41. The third kappa shape index (κ3) is 0.968. The van der Waals surface area contributed by atoms with Crippen LogP contribution in [0.3, 0.4) is 0 Å². The molecule has 0 aliphatic carbocycles. The third-order valence-electron chi connectivity index (χ3n) is 1.72. The van der Waals surface area contributed by atoms with Crippen LogP contribution in [-0.2, 0) is 4.74 Å². The molecule has 1 aliphatic heterocycles. The fourth-order valence-electron chi connectivity index (χ4n) is 1.04. The van der Waals surface area contributed by atoms with E-state index in [1.165, 1.54) is 0 Å². The van der Waals surface area contributed by atoms with E-state index in [0.717, 1.165) is 0 Å². The Hall–Kier alpha value is -0.700. The lowest BCUT2D eigenvalue weighted by Gasteiger charge is -2.11. The number of aliphatic hydroxyl groups is 2. The normalized spacial score (nSPS) is 32.7. The van der Waals surface area contributed by atoms with Crippen molar-refractivity contribution >= 4 is 0 Å². The van der Waals surface area contributed by atoms with Gasteiger partial charge in [0.05, 0.1) is 0 Å². The summed E-state index contributed by atoms with van der Waals surface area (Å²) in [6.45, 7) is 3.55. The number of hydrogen-bond acceptors (Lipinski definition) is 3. The maximum atomic E-state index is 9.20. The molecule has 3 nitrogen and oxygen atoms in total. The van der Waals surface area contributed by atoms with Crippen LogP contribution in [0.4, 0.5) is 0 Å². The molecular weight excluding hydrogens is 132 g/mol. The Morgan fingerprint density at radius 1 is 1.60 bits per heavy atom. The Balaban J connectivity index is 2.67. The molecule has 0 aromatic heterocycles. The third-order valence-corrected chi connectivity index (χ3v) is 1.72. The first-order valence-electron chi connectivity index (χ1n) is 3.41. The molecule has 0 amide bonds. The summed E-state index contributed by atoms with van der Waals surface area (Å²) in [4.78, 5) is 0. The first-order chi connectivity index (χ1) is 4.66. The Morgan fingerprint density at radius 2 is 2.20 bits per heavy atom. The molecule has 1 rings (SSSR count). The van der Waals surface area contributed by atoms with Gasteiger partial charge in [-0.15, -0.1) is 0 Å². The van der Waals surface area contributed by atoms with E-state index in [1.54, 1.807) is 6.92 Å². The lowest BCUT2D eigenvalue weighted by molar-refractivity contribution is 0.0386. The van der Waals surface area contributed by atoms with Crippen LogP contribution in [-0.4, -0.2) is 22.4 Å². The maximum Gasteiger partial charge on any atom is 0.162 e. The van der Waals surface area contributed by atoms with E-state index >= 15 is 0 Å². The van der Waals surface area contributed by atoms with Crippen molar-refractivity contribution < 1.29 is 14.9 Å². The predicted octanol–water partition coefficient (Wildman–Crippen LogP) is 0.946. The molecule has 0 aromatic rings. The molecular formula is C7H12O3. The predicted molar refractivity (Wildman–Crippen MR) is 36.5 cm³/mol. The van der Waals surface area contributed by atoms with Crippen molar-refractivity contribution in [1.82, 2.24) is 0 Å². The Morgan fingerprint density at radius 3 is 2.40 bits per heavy atom. The zero-order valence-electron chi connectivity index (χ0n) is 6.16. The highest BCUT2D eigenvalue weighted by atomic mass is 16.5. The average Bonchev–Trinajstić information content (AvgIpc) is 2.17. The van der Waals surface area contributed by atoms with E-state index < -0.39 is 6.10 Å². The second kappa shape index (κ2) is 2.50. The summed E-state index contributed by atoms with van der Waals surface area (Å²) in [5, 5.41) is 18.3. The van der Waals surface area contributed by atoms with Gasteiger partial charge in [-0.05, 0) is 13.3 Å². The van der Waals surface area contributed by atoms with Crippen LogP contribution >= 0.6 is 0 Å². The molecule has 0 saturated carbocycles. The van der Waals surface area contributed by atoms with Crippen LogP contribution in [0.15, 0.2) is 11.5 Å². The van der Waals surface area contributed by atoms with Crippen molar-refractivity contribution in [3.05, 3.63) is 11.5 Å². The highest BCUT2D eigenvalue weighted by Crippen LogP contribution is 2.24. The lowest BCUT2D eigenvalue weighted by atomic mass is 10.1. The summed E-state index contributed by atoms with van der Waals surface area (Å²) < 4.78 is 5.11. The lowest BCUT2D eigenvalue weighted by Crippen LogP contribution is -2.22. The molecule has 2 unspecified atom stereocenters. The minimum Gasteiger partial charge on any atom is -0.506 e. The Bertz CT molecular complexity index is 162. The van der Waals surface area contributed by atoms with Gasteiger partial charge in [0.25, 0.3) is 0 Å². The molecule has 10 heavy (non-hydrogen) atoms. The van der Waals surface area contributed by atoms with Crippen LogP contribution in [0, 0.1) is 0 Å². The van der Waals surface area contributed by atoms with Crippen molar-refractivity contribution in [3.8, 4) is 0 Å². The standard InChI is InChI=1S/C7H12O3/c1-3-5-7(9)6(8)4(2)10-5/h5,7-9H,3H2,1-2H3. The summed E-state index contributed by atoms with van der Waals surface area (Å²) in [5.74, 6) is 0.422. The Kier molecular flexibility index (Phi) is 1.85. The molecule has 0 saturated heterocycles. The van der Waals surface area contributed by atoms with Gasteiger partial charge >= 0.3 is 0 Å². The van der Waals surface area contributed by atoms with Gasteiger partial charge in [0, 0.05) is 0 Å². The van der Waals surface area contributed by atoms with Crippen molar-refractivity contribution in [2.45, 2.75) is 32.5 Å². The van der Waals surface area contributed by atoms with Crippen LogP contribution in [0.1, 0.15) is 20.3 Å². The van der Waals surface area contributed by atoms with E-state index in [0.29, 0.717) is 12.2 Å². The van der Waals surface area contributed by atoms with Crippen LogP contribution in [0.5, 0.6) is 0 Å². The monoisotopic (exact) mass is 144 g/mol. The summed E-state index contributed by atoms with van der Waals surface area (Å²) in [5.41, 5.74) is 0. The van der Waals surface area contributed by atoms with Gasteiger partial charge in [-0.1, -0.05) is 6.92 Å². The maximum absolute atomic E-state index is 9.20. The zero-order valence-corrected chi connectivity index (χ0v) is 6.16. The van der Waals surface area contributed by atoms with Crippen molar-refractivity contribution in [1.29, 1.82) is 0 Å². The average molecular weight is 144 g/mol. The minimum atomic E-state index is -0.815. The highest BCUT2D eigenvalue weighted by Gasteiger charge is 2.31. The highest BCUT2D eigenvalue weighted by molar-refractivity contribution is 5.11. The molecule has 0 aromatic carbocycles. The number of allylic oxidation sites excluding steroid dienone is 1. The van der Waals surface area contributed by atoms with Crippen molar-refractivity contribution in [3.63, 3.8) is 0 Å². The molecule has 2 atom stereocenters. The zero-order chi connectivity index (χ0) is 7.72. The van der Waals surface area contributed by atoms with Crippen molar-refractivity contribution in [2.24, 2.45) is 0 Å². The van der Waals surface area contributed by atoms with Crippen molar-refractivity contribution in [2.75, 3.05) is 0 Å². The van der Waals surface area contributed by atoms with Gasteiger partial charge in [0.15, 0.2) is 11.9 Å². The number of ether oxygens (including phenoxy) is 1. The molecule has 0 spiro atoms. The van der Waals surface area contributed by atoms with Crippen LogP contribution < -0.4 is 0 Å². The first kappa shape index (κ1) is 7.41. The quantitative estimate of drug-likeness (QED) is 0.576. The number of hydrogen-bond donors (Lipinski definition) is 2. The van der Waals surface area contributed by atoms with Gasteiger partial charge < -0.3 is 14.9 Å². The van der Waals surface area contributed by atoms with E-state index in [1.807, 2.05) is 6.92 Å². The molecule has 0 radical (unpaired) electrons. The minimum absolute atomic E-state index is 0.0214. The van der Waals surface area contributed by atoms with Crippen LogP contribution in [0.2, 0.25) is 0 Å². The summed E-state index contributed by atoms with van der Waals surface area (Å²) in [6.07, 6.45) is -0.354. The SMILES string of the molecule is CCC1OC(C)=C(O)C1O. The van der Waals surface area contributed by atoms with E-state index in [-0.39, 0.29) is 11.9 Å². The molecule has 0 bridgehead atoms. The summed E-state index contributed by atoms with van der Waals surface area (Å²) >= 11 is 0. The molecule has 2 N–H and O–H groups in total. The summed E-state index contributed by atoms with van der Waals surface area (Å²) in [7, 11) is 0. The van der Waals surface area contributed by atoms with Gasteiger partial charge in [-0.25, -0.2) is 0 Å². The van der Waals surface area contributed by atoms with Gasteiger partial charge in [-0.3, -0.25) is 0 Å². The smallest absolute Gasteiger partial charge is 0.162 e. The fraction of sp³-hybridized carbons (Fsp3) is 0.714. The topological polar surface area (TPSA) is 49.7 Å². The molecule has 3 heteroatoms. The summed E-state index contributed by atoms with van der Waals surface area (Å²) in [6, 6.07) is 0. The van der Waals surface area contributed by atoms with Gasteiger partial charge in [0.1, 0.15) is 11.9 Å². The number of aliphatic hydroxyl groups excluding tert-OH is 2. The largest absolute Gasteiger partial charge is 0.506 e. The second-order valence-corrected chi connectivity index (χ2v) is 2.45. The molecule has 58 valence electrons. The second-order valence-electron chi connectivity index (χ2n) is 2.45. The van der Waals surface area contributed by atoms with E-state index in [9.17, 15) is 5.11 Å². The molecule has 1 heterocycles. The molecule has 1 aliphatic rings. The number of rotatable bonds is 1. The van der Waals surface area contributed by atoms with Crippen LogP contribution in [0.25, 0.3) is 0 Å². The molecule has 0 fully saturated rings. The van der Waals surface area contributed by atoms with Gasteiger partial charge in [-0.2, -0.15) is 0 Å². The fourth-order valence-corrected chi connectivity index (χ4v) is 1.04. The van der Waals surface area contributed by atoms with Gasteiger partial charge in [0.2, 0.25) is 0 Å². The van der Waals surface area contributed by atoms with E-state index in [2.05, 4.69) is 0 Å². The Labute approximate surface area is 59.9 Å². The van der Waals surface area contributed by atoms with E-state index in [4.69, 9.17) is 9.84 Å².